The van der Waals surface area contributed by atoms with Gasteiger partial charge in [-0.15, -0.1) is 0 Å². The second-order valence-corrected chi connectivity index (χ2v) is 8.23. The van der Waals surface area contributed by atoms with E-state index >= 15 is 0 Å². The van der Waals surface area contributed by atoms with Gasteiger partial charge in [0.1, 0.15) is 0 Å². The number of benzene rings is 1. The van der Waals surface area contributed by atoms with E-state index < -0.39 is 10.0 Å². The summed E-state index contributed by atoms with van der Waals surface area (Å²) in [6.07, 6.45) is 1.14. The first-order valence-electron chi connectivity index (χ1n) is 8.29. The molecule has 132 valence electrons. The molecule has 1 aromatic carbocycles. The third-order valence-corrected chi connectivity index (χ3v) is 6.55. The highest BCUT2D eigenvalue weighted by Gasteiger charge is 2.31. The van der Waals surface area contributed by atoms with E-state index in [1.54, 1.807) is 28.6 Å². The topological polar surface area (TPSA) is 81.8 Å². The van der Waals surface area contributed by atoms with Gasteiger partial charge >= 0.3 is 0 Å². The van der Waals surface area contributed by atoms with Gasteiger partial charge in [-0.1, -0.05) is 0 Å². The lowest BCUT2D eigenvalue weighted by molar-refractivity contribution is -0.114. The maximum atomic E-state index is 12.8. The molecule has 2 heterocycles. The van der Waals surface area contributed by atoms with Crippen LogP contribution < -0.4 is 10.6 Å². The van der Waals surface area contributed by atoms with Crippen molar-refractivity contribution in [2.75, 3.05) is 44.6 Å². The van der Waals surface area contributed by atoms with Crippen LogP contribution in [0.1, 0.15) is 13.3 Å². The molecule has 1 amide bonds. The lowest BCUT2D eigenvalue weighted by atomic mass is 10.2. The molecule has 0 bridgehead atoms. The largest absolute Gasteiger partial charge is 0.326 e. The summed E-state index contributed by atoms with van der Waals surface area (Å²) < 4.78 is 27.1. The van der Waals surface area contributed by atoms with Crippen LogP contribution in [0, 0.1) is 0 Å². The minimum absolute atomic E-state index is 0.178. The maximum Gasteiger partial charge on any atom is 0.243 e. The Morgan fingerprint density at radius 2 is 1.83 bits per heavy atom. The Morgan fingerprint density at radius 1 is 1.17 bits per heavy atom. The normalized spacial score (nSPS) is 23.3. The quantitative estimate of drug-likeness (QED) is 0.815. The zero-order valence-corrected chi connectivity index (χ0v) is 14.7. The second kappa shape index (κ2) is 7.18. The van der Waals surface area contributed by atoms with Crippen molar-refractivity contribution in [1.29, 1.82) is 0 Å². The predicted octanol–water partition coefficient (Wildman–Crippen LogP) is 0.313. The fourth-order valence-electron chi connectivity index (χ4n) is 3.32. The predicted molar refractivity (Wildman–Crippen MR) is 92.4 cm³/mol. The lowest BCUT2D eigenvalue weighted by Gasteiger charge is -2.37. The first-order valence-corrected chi connectivity index (χ1v) is 9.73. The number of nitrogens with one attached hydrogen (secondary N) is 2. The SMILES string of the molecule is CC(=O)Nc1ccc(S(=O)(=O)N2CCN(C3CCNC3)CC2)cc1. The number of amides is 1. The van der Waals surface area contributed by atoms with Crippen LogP contribution in [0.3, 0.4) is 0 Å². The molecule has 2 saturated heterocycles. The summed E-state index contributed by atoms with van der Waals surface area (Å²) >= 11 is 0. The summed E-state index contributed by atoms with van der Waals surface area (Å²) in [7, 11) is -3.48. The minimum atomic E-state index is -3.48. The van der Waals surface area contributed by atoms with E-state index in [-0.39, 0.29) is 10.8 Å². The summed E-state index contributed by atoms with van der Waals surface area (Å²) in [4.78, 5) is 13.7. The molecular weight excluding hydrogens is 328 g/mol. The van der Waals surface area contributed by atoms with Gasteiger partial charge in [0.25, 0.3) is 0 Å². The molecule has 0 spiro atoms. The fourth-order valence-corrected chi connectivity index (χ4v) is 4.74. The lowest BCUT2D eigenvalue weighted by Crippen LogP contribution is -2.52. The Morgan fingerprint density at radius 3 is 2.38 bits per heavy atom. The molecule has 8 heteroatoms. The highest BCUT2D eigenvalue weighted by Crippen LogP contribution is 2.21. The van der Waals surface area contributed by atoms with Gasteiger partial charge in [-0.3, -0.25) is 9.69 Å². The molecule has 1 atom stereocenters. The Balaban J connectivity index is 1.64. The van der Waals surface area contributed by atoms with Crippen LogP contribution in [-0.2, 0) is 14.8 Å². The molecule has 2 N–H and O–H groups in total. The zero-order valence-electron chi connectivity index (χ0n) is 13.9. The highest BCUT2D eigenvalue weighted by atomic mass is 32.2. The van der Waals surface area contributed by atoms with E-state index in [1.807, 2.05) is 0 Å². The average Bonchev–Trinajstić information content (AvgIpc) is 3.09. The number of carbonyl (C=O) groups excluding carboxylic acids is 1. The maximum absolute atomic E-state index is 12.8. The van der Waals surface area contributed by atoms with Gasteiger partial charge in [-0.05, 0) is 37.2 Å². The Bertz CT molecular complexity index is 676. The number of sulfonamides is 1. The van der Waals surface area contributed by atoms with Gasteiger partial charge in [0, 0.05) is 51.4 Å². The standard InChI is InChI=1S/C16H24N4O3S/c1-13(21)18-14-2-4-16(5-3-14)24(22,23)20-10-8-19(9-11-20)15-6-7-17-12-15/h2-5,15,17H,6-12H2,1H3,(H,18,21). The number of nitrogens with zero attached hydrogens (tertiary/aromatic N) is 2. The van der Waals surface area contributed by atoms with Crippen molar-refractivity contribution < 1.29 is 13.2 Å². The van der Waals surface area contributed by atoms with Gasteiger partial charge in [-0.2, -0.15) is 4.31 Å². The van der Waals surface area contributed by atoms with Crippen molar-refractivity contribution in [3.05, 3.63) is 24.3 Å². The molecule has 2 fully saturated rings. The molecule has 0 saturated carbocycles. The molecule has 1 unspecified atom stereocenters. The Kier molecular flexibility index (Phi) is 5.19. The number of piperazine rings is 1. The number of rotatable bonds is 4. The second-order valence-electron chi connectivity index (χ2n) is 6.29. The van der Waals surface area contributed by atoms with Crippen LogP contribution >= 0.6 is 0 Å². The van der Waals surface area contributed by atoms with Crippen LogP contribution in [0.2, 0.25) is 0 Å². The van der Waals surface area contributed by atoms with E-state index in [0.717, 1.165) is 32.6 Å². The van der Waals surface area contributed by atoms with Crippen LogP contribution in [0.4, 0.5) is 5.69 Å². The monoisotopic (exact) mass is 352 g/mol. The van der Waals surface area contributed by atoms with Crippen molar-refractivity contribution in [2.24, 2.45) is 0 Å². The molecule has 24 heavy (non-hydrogen) atoms. The fraction of sp³-hybridized carbons (Fsp3) is 0.562. The number of carbonyl (C=O) groups is 1. The summed E-state index contributed by atoms with van der Waals surface area (Å²) in [5, 5.41) is 5.99. The first kappa shape index (κ1) is 17.3. The number of hydrogen-bond acceptors (Lipinski definition) is 5. The Hall–Kier alpha value is -1.48. The summed E-state index contributed by atoms with van der Waals surface area (Å²) in [6, 6.07) is 6.87. The van der Waals surface area contributed by atoms with Crippen LogP contribution in [0.15, 0.2) is 29.2 Å². The van der Waals surface area contributed by atoms with Crippen molar-refractivity contribution >= 4 is 21.6 Å². The smallest absolute Gasteiger partial charge is 0.243 e. The zero-order chi connectivity index (χ0) is 17.2. The summed E-state index contributed by atoms with van der Waals surface area (Å²) in [5.41, 5.74) is 0.597. The molecule has 2 aliphatic rings. The Labute approximate surface area is 143 Å². The third-order valence-electron chi connectivity index (χ3n) is 4.64. The minimum Gasteiger partial charge on any atom is -0.326 e. The molecule has 7 nitrogen and oxygen atoms in total. The van der Waals surface area contributed by atoms with E-state index in [1.165, 1.54) is 6.92 Å². The van der Waals surface area contributed by atoms with E-state index in [9.17, 15) is 13.2 Å². The van der Waals surface area contributed by atoms with Gasteiger partial charge in [0.05, 0.1) is 4.90 Å². The average molecular weight is 352 g/mol. The molecular formula is C16H24N4O3S. The molecule has 0 radical (unpaired) electrons. The molecule has 3 rings (SSSR count). The summed E-state index contributed by atoms with van der Waals surface area (Å²) in [6.45, 7) is 6.05. The molecule has 2 aliphatic heterocycles. The van der Waals surface area contributed by atoms with Gasteiger partial charge < -0.3 is 10.6 Å². The van der Waals surface area contributed by atoms with Crippen LogP contribution in [0.25, 0.3) is 0 Å². The van der Waals surface area contributed by atoms with Crippen molar-refractivity contribution in [1.82, 2.24) is 14.5 Å². The van der Waals surface area contributed by atoms with E-state index in [0.29, 0.717) is 24.8 Å². The number of anilines is 1. The number of hydrogen-bond donors (Lipinski definition) is 2. The van der Waals surface area contributed by atoms with Crippen molar-refractivity contribution in [2.45, 2.75) is 24.3 Å². The van der Waals surface area contributed by atoms with Gasteiger partial charge in [-0.25, -0.2) is 8.42 Å². The van der Waals surface area contributed by atoms with E-state index in [2.05, 4.69) is 15.5 Å². The van der Waals surface area contributed by atoms with E-state index in [4.69, 9.17) is 0 Å². The van der Waals surface area contributed by atoms with Gasteiger partial charge in [0.15, 0.2) is 0 Å². The third kappa shape index (κ3) is 3.77. The van der Waals surface area contributed by atoms with Crippen LogP contribution in [0.5, 0.6) is 0 Å². The van der Waals surface area contributed by atoms with Gasteiger partial charge in [0.2, 0.25) is 15.9 Å². The first-order chi connectivity index (χ1) is 11.5. The summed E-state index contributed by atoms with van der Waals surface area (Å²) in [5.74, 6) is -0.178. The molecule has 0 aromatic heterocycles. The highest BCUT2D eigenvalue weighted by molar-refractivity contribution is 7.89. The molecule has 1 aromatic rings. The van der Waals surface area contributed by atoms with Crippen molar-refractivity contribution in [3.8, 4) is 0 Å². The van der Waals surface area contributed by atoms with Crippen molar-refractivity contribution in [3.63, 3.8) is 0 Å². The van der Waals surface area contributed by atoms with Crippen LogP contribution in [-0.4, -0.2) is 68.8 Å². The molecule has 0 aliphatic carbocycles.